The lowest BCUT2D eigenvalue weighted by Gasteiger charge is -2.23. The van der Waals surface area contributed by atoms with E-state index < -0.39 is 17.8 Å². The number of halogens is 3. The summed E-state index contributed by atoms with van der Waals surface area (Å²) in [5.41, 5.74) is 0.774. The van der Waals surface area contributed by atoms with Crippen LogP contribution in [-0.2, 0) is 12.7 Å². The lowest BCUT2D eigenvalue weighted by atomic mass is 10.1. The third-order valence-corrected chi connectivity index (χ3v) is 3.90. The molecular formula is C19H23F3N4O. The van der Waals surface area contributed by atoms with Crippen molar-refractivity contribution in [1.29, 1.82) is 0 Å². The van der Waals surface area contributed by atoms with Gasteiger partial charge in [-0.15, -0.1) is 0 Å². The summed E-state index contributed by atoms with van der Waals surface area (Å²) in [4.78, 5) is 10.1. The fourth-order valence-corrected chi connectivity index (χ4v) is 2.48. The number of pyridine rings is 1. The second-order valence-corrected chi connectivity index (χ2v) is 6.04. The van der Waals surface area contributed by atoms with Crippen LogP contribution in [0, 0.1) is 0 Å². The van der Waals surface area contributed by atoms with Gasteiger partial charge in [-0.1, -0.05) is 12.1 Å². The number of aliphatic hydroxyl groups is 1. The molecule has 5 nitrogen and oxygen atoms in total. The minimum Gasteiger partial charge on any atom is -0.386 e. The van der Waals surface area contributed by atoms with Crippen molar-refractivity contribution in [3.8, 4) is 0 Å². The zero-order chi connectivity index (χ0) is 19.9. The minimum absolute atomic E-state index is 0.156. The first-order chi connectivity index (χ1) is 12.8. The quantitative estimate of drug-likeness (QED) is 0.597. The van der Waals surface area contributed by atoms with E-state index in [1.165, 1.54) is 12.1 Å². The number of hydrogen-bond acceptors (Lipinski definition) is 3. The maximum atomic E-state index is 12.7. The van der Waals surface area contributed by atoms with Gasteiger partial charge in [0.2, 0.25) is 0 Å². The van der Waals surface area contributed by atoms with Gasteiger partial charge in [0.05, 0.1) is 18.2 Å². The van der Waals surface area contributed by atoms with Gasteiger partial charge in [0, 0.05) is 32.5 Å². The van der Waals surface area contributed by atoms with E-state index in [1.807, 2.05) is 6.92 Å². The van der Waals surface area contributed by atoms with Gasteiger partial charge in [0.1, 0.15) is 0 Å². The van der Waals surface area contributed by atoms with Gasteiger partial charge in [-0.3, -0.25) is 9.98 Å². The Bertz CT molecular complexity index is 733. The smallest absolute Gasteiger partial charge is 0.386 e. The van der Waals surface area contributed by atoms with Crippen LogP contribution < -0.4 is 5.32 Å². The van der Waals surface area contributed by atoms with Gasteiger partial charge in [-0.05, 0) is 42.3 Å². The minimum atomic E-state index is -4.34. The molecule has 0 aliphatic heterocycles. The Morgan fingerprint density at radius 3 is 2.37 bits per heavy atom. The number of nitrogens with one attached hydrogen (secondary N) is 1. The highest BCUT2D eigenvalue weighted by atomic mass is 19.4. The first kappa shape index (κ1) is 20.7. The van der Waals surface area contributed by atoms with Crippen molar-refractivity contribution < 1.29 is 18.3 Å². The van der Waals surface area contributed by atoms with Crippen molar-refractivity contribution in [3.63, 3.8) is 0 Å². The van der Waals surface area contributed by atoms with Crippen LogP contribution in [0.3, 0.4) is 0 Å². The van der Waals surface area contributed by atoms with Gasteiger partial charge in [0.15, 0.2) is 5.96 Å². The molecular weight excluding hydrogens is 357 g/mol. The molecule has 2 rings (SSSR count). The Morgan fingerprint density at radius 2 is 1.81 bits per heavy atom. The summed E-state index contributed by atoms with van der Waals surface area (Å²) in [6, 6.07) is 8.49. The predicted molar refractivity (Wildman–Crippen MR) is 98.1 cm³/mol. The SMILES string of the molecule is CCNC(=NCC(O)c1ccncc1)N(C)Cc1ccc(C(F)(F)F)cc1. The summed E-state index contributed by atoms with van der Waals surface area (Å²) in [5, 5.41) is 13.3. The molecule has 0 bridgehead atoms. The zero-order valence-corrected chi connectivity index (χ0v) is 15.2. The van der Waals surface area contributed by atoms with Gasteiger partial charge in [0.25, 0.3) is 0 Å². The van der Waals surface area contributed by atoms with Crippen LogP contribution in [0.5, 0.6) is 0 Å². The van der Waals surface area contributed by atoms with E-state index in [-0.39, 0.29) is 6.54 Å². The molecule has 0 spiro atoms. The highest BCUT2D eigenvalue weighted by Gasteiger charge is 2.29. The van der Waals surface area contributed by atoms with Crippen molar-refractivity contribution in [2.75, 3.05) is 20.1 Å². The van der Waals surface area contributed by atoms with E-state index in [1.54, 1.807) is 36.5 Å². The summed E-state index contributed by atoms with van der Waals surface area (Å²) in [7, 11) is 1.79. The van der Waals surface area contributed by atoms with E-state index in [4.69, 9.17) is 0 Å². The van der Waals surface area contributed by atoms with E-state index in [9.17, 15) is 18.3 Å². The molecule has 0 fully saturated rings. The highest BCUT2D eigenvalue weighted by molar-refractivity contribution is 5.79. The number of nitrogens with zero attached hydrogens (tertiary/aromatic N) is 3. The molecule has 0 aliphatic carbocycles. The second-order valence-electron chi connectivity index (χ2n) is 6.04. The molecule has 146 valence electrons. The van der Waals surface area contributed by atoms with Gasteiger partial charge < -0.3 is 15.3 Å². The highest BCUT2D eigenvalue weighted by Crippen LogP contribution is 2.29. The third-order valence-electron chi connectivity index (χ3n) is 3.90. The number of benzene rings is 1. The van der Waals surface area contributed by atoms with Gasteiger partial charge in [-0.2, -0.15) is 13.2 Å². The first-order valence-electron chi connectivity index (χ1n) is 8.54. The molecule has 0 saturated heterocycles. The topological polar surface area (TPSA) is 60.8 Å². The van der Waals surface area contributed by atoms with Crippen molar-refractivity contribution in [2.45, 2.75) is 25.7 Å². The molecule has 1 unspecified atom stereocenters. The number of aromatic nitrogens is 1. The molecule has 27 heavy (non-hydrogen) atoms. The molecule has 0 radical (unpaired) electrons. The van der Waals surface area contributed by atoms with Crippen molar-refractivity contribution in [1.82, 2.24) is 15.2 Å². The monoisotopic (exact) mass is 380 g/mol. The molecule has 1 aromatic heterocycles. The van der Waals surface area contributed by atoms with Crippen LogP contribution >= 0.6 is 0 Å². The molecule has 1 aromatic carbocycles. The maximum absolute atomic E-state index is 12.7. The molecule has 8 heteroatoms. The first-order valence-corrected chi connectivity index (χ1v) is 8.54. The summed E-state index contributed by atoms with van der Waals surface area (Å²) >= 11 is 0. The van der Waals surface area contributed by atoms with E-state index in [0.717, 1.165) is 23.3 Å². The largest absolute Gasteiger partial charge is 0.416 e. The molecule has 1 heterocycles. The summed E-state index contributed by atoms with van der Waals surface area (Å²) in [6.45, 7) is 3.08. The number of guanidine groups is 1. The molecule has 1 atom stereocenters. The third kappa shape index (κ3) is 6.25. The van der Waals surface area contributed by atoms with Crippen molar-refractivity contribution in [2.24, 2.45) is 4.99 Å². The second kappa shape index (κ2) is 9.36. The van der Waals surface area contributed by atoms with Crippen LogP contribution in [0.4, 0.5) is 13.2 Å². The number of hydrogen-bond donors (Lipinski definition) is 2. The Hall–Kier alpha value is -2.61. The lowest BCUT2D eigenvalue weighted by molar-refractivity contribution is -0.137. The van der Waals surface area contributed by atoms with E-state index in [2.05, 4.69) is 15.3 Å². The average Bonchev–Trinajstić information content (AvgIpc) is 2.65. The molecule has 2 aromatic rings. The van der Waals surface area contributed by atoms with Crippen molar-refractivity contribution in [3.05, 3.63) is 65.5 Å². The Balaban J connectivity index is 2.04. The lowest BCUT2D eigenvalue weighted by Crippen LogP contribution is -2.38. The van der Waals surface area contributed by atoms with Gasteiger partial charge >= 0.3 is 6.18 Å². The van der Waals surface area contributed by atoms with Crippen LogP contribution in [0.1, 0.15) is 29.7 Å². The fraction of sp³-hybridized carbons (Fsp3) is 0.368. The normalized spacial score (nSPS) is 13.3. The molecule has 0 aliphatic rings. The molecule has 0 saturated carbocycles. The van der Waals surface area contributed by atoms with E-state index in [0.29, 0.717) is 19.0 Å². The van der Waals surface area contributed by atoms with Crippen LogP contribution in [-0.4, -0.2) is 41.1 Å². The molecule has 2 N–H and O–H groups in total. The fourth-order valence-electron chi connectivity index (χ4n) is 2.48. The standard InChI is InChI=1S/C19H23F3N4O/c1-3-24-18(25-12-17(27)15-8-10-23-11-9-15)26(2)13-14-4-6-16(7-5-14)19(20,21)22/h4-11,17,27H,3,12-13H2,1-2H3,(H,24,25). The molecule has 0 amide bonds. The summed E-state index contributed by atoms with van der Waals surface area (Å²) < 4.78 is 38.0. The summed E-state index contributed by atoms with van der Waals surface area (Å²) in [5.74, 6) is 0.561. The van der Waals surface area contributed by atoms with Crippen LogP contribution in [0.2, 0.25) is 0 Å². The van der Waals surface area contributed by atoms with E-state index >= 15 is 0 Å². The Morgan fingerprint density at radius 1 is 1.19 bits per heavy atom. The van der Waals surface area contributed by atoms with Crippen LogP contribution in [0.25, 0.3) is 0 Å². The maximum Gasteiger partial charge on any atom is 0.416 e. The van der Waals surface area contributed by atoms with Gasteiger partial charge in [-0.25, -0.2) is 0 Å². The Labute approximate surface area is 156 Å². The van der Waals surface area contributed by atoms with Crippen molar-refractivity contribution >= 4 is 5.96 Å². The number of alkyl halides is 3. The van der Waals surface area contributed by atoms with Crippen LogP contribution in [0.15, 0.2) is 53.8 Å². The number of aliphatic hydroxyl groups excluding tert-OH is 1. The zero-order valence-electron chi connectivity index (χ0n) is 15.2. The summed E-state index contributed by atoms with van der Waals surface area (Å²) in [6.07, 6.45) is -1.90. The average molecular weight is 380 g/mol. The Kier molecular flexibility index (Phi) is 7.18. The number of aliphatic imine (C=N–C) groups is 1. The number of rotatable bonds is 6. The predicted octanol–water partition coefficient (Wildman–Crippen LogP) is 3.23.